The summed E-state index contributed by atoms with van der Waals surface area (Å²) in [4.78, 5) is 9.75. The smallest absolute Gasteiger partial charge is 0.143 e. The Hall–Kier alpha value is -0.390. The van der Waals surface area contributed by atoms with Crippen LogP contribution in [-0.2, 0) is 0 Å². The van der Waals surface area contributed by atoms with E-state index in [1.165, 1.54) is 34.9 Å². The van der Waals surface area contributed by atoms with E-state index in [9.17, 15) is 0 Å². The fourth-order valence-electron chi connectivity index (χ4n) is 3.00. The van der Waals surface area contributed by atoms with E-state index in [2.05, 4.69) is 55.6 Å². The van der Waals surface area contributed by atoms with Crippen molar-refractivity contribution in [2.45, 2.75) is 65.2 Å². The van der Waals surface area contributed by atoms with Gasteiger partial charge in [0.25, 0.3) is 0 Å². The van der Waals surface area contributed by atoms with Crippen LogP contribution in [0.5, 0.6) is 0 Å². The van der Waals surface area contributed by atoms with Crippen LogP contribution in [0.2, 0.25) is 0 Å². The van der Waals surface area contributed by atoms with E-state index in [1.807, 2.05) is 0 Å². The van der Waals surface area contributed by atoms with Crippen molar-refractivity contribution in [1.29, 1.82) is 0 Å². The molecule has 1 aromatic rings. The lowest BCUT2D eigenvalue weighted by molar-refractivity contribution is 0.334. The number of rotatable bonds is 4. The molecule has 0 aliphatic heterocycles. The highest BCUT2D eigenvalue weighted by atomic mass is 127. The zero-order chi connectivity index (χ0) is 14.7. The van der Waals surface area contributed by atoms with Crippen LogP contribution < -0.4 is 5.32 Å². The van der Waals surface area contributed by atoms with E-state index in [-0.39, 0.29) is 0 Å². The van der Waals surface area contributed by atoms with Crippen molar-refractivity contribution in [3.05, 3.63) is 15.1 Å². The summed E-state index contributed by atoms with van der Waals surface area (Å²) in [5.41, 5.74) is 1.20. The van der Waals surface area contributed by atoms with Gasteiger partial charge in [-0.05, 0) is 54.2 Å². The summed E-state index contributed by atoms with van der Waals surface area (Å²) in [5, 5.41) is 3.40. The zero-order valence-electron chi connectivity index (χ0n) is 13.0. The number of hydrogen-bond acceptors (Lipinski definition) is 3. The second-order valence-corrected chi connectivity index (χ2v) is 7.36. The van der Waals surface area contributed by atoms with Gasteiger partial charge >= 0.3 is 0 Å². The van der Waals surface area contributed by atoms with Gasteiger partial charge in [-0.3, -0.25) is 0 Å². The minimum absolute atomic E-state index is 0.446. The molecule has 0 spiro atoms. The molecule has 0 bridgehead atoms. The van der Waals surface area contributed by atoms with Crippen molar-refractivity contribution in [2.75, 3.05) is 11.9 Å². The van der Waals surface area contributed by atoms with Gasteiger partial charge in [-0.1, -0.05) is 33.6 Å². The summed E-state index contributed by atoms with van der Waals surface area (Å²) in [5.74, 6) is 3.89. The highest BCUT2D eigenvalue weighted by Crippen LogP contribution is 2.36. The molecular formula is C16H26IN3. The van der Waals surface area contributed by atoms with Gasteiger partial charge in [0.2, 0.25) is 0 Å². The highest BCUT2D eigenvalue weighted by Gasteiger charge is 2.25. The molecular weight excluding hydrogens is 361 g/mol. The molecule has 2 atom stereocenters. The number of halogens is 1. The maximum atomic E-state index is 4.91. The molecule has 1 N–H and O–H groups in total. The molecule has 1 heterocycles. The Kier molecular flexibility index (Phi) is 5.64. The second kappa shape index (κ2) is 7.05. The third kappa shape index (κ3) is 3.62. The molecule has 0 aromatic carbocycles. The molecule has 0 saturated heterocycles. The normalized spacial score (nSPS) is 23.1. The van der Waals surface area contributed by atoms with Crippen LogP contribution in [0.4, 0.5) is 5.82 Å². The van der Waals surface area contributed by atoms with Crippen LogP contribution in [0.25, 0.3) is 0 Å². The number of nitrogens with one attached hydrogen (secondary N) is 1. The Morgan fingerprint density at radius 2 is 2.05 bits per heavy atom. The van der Waals surface area contributed by atoms with Gasteiger partial charge in [0, 0.05) is 12.5 Å². The fourth-order valence-corrected chi connectivity index (χ4v) is 4.06. The minimum Gasteiger partial charge on any atom is -0.369 e. The third-order valence-electron chi connectivity index (χ3n) is 4.09. The van der Waals surface area contributed by atoms with Crippen molar-refractivity contribution in [3.8, 4) is 0 Å². The van der Waals surface area contributed by atoms with Gasteiger partial charge in [0.05, 0.1) is 9.26 Å². The van der Waals surface area contributed by atoms with Crippen LogP contribution in [0.15, 0.2) is 0 Å². The number of nitrogens with zero attached hydrogens (tertiary/aromatic N) is 2. The van der Waals surface area contributed by atoms with Crippen molar-refractivity contribution in [3.63, 3.8) is 0 Å². The predicted molar refractivity (Wildman–Crippen MR) is 93.4 cm³/mol. The van der Waals surface area contributed by atoms with Crippen LogP contribution in [0.3, 0.4) is 0 Å². The van der Waals surface area contributed by atoms with Crippen LogP contribution in [-0.4, -0.2) is 16.5 Å². The van der Waals surface area contributed by atoms with E-state index in [1.54, 1.807) is 0 Å². The van der Waals surface area contributed by atoms with E-state index < -0.39 is 0 Å². The van der Waals surface area contributed by atoms with Crippen LogP contribution in [0, 0.1) is 9.49 Å². The topological polar surface area (TPSA) is 37.8 Å². The first-order valence-corrected chi connectivity index (χ1v) is 8.92. The van der Waals surface area contributed by atoms with E-state index >= 15 is 0 Å². The van der Waals surface area contributed by atoms with Gasteiger partial charge in [-0.2, -0.15) is 0 Å². The summed E-state index contributed by atoms with van der Waals surface area (Å²) in [6.07, 6.45) is 5.16. The van der Waals surface area contributed by atoms with Crippen molar-refractivity contribution >= 4 is 28.4 Å². The standard InChI is InChI=1S/C16H26IN3/c1-5-18-16-13(17)14(10(2)3)19-15(20-16)12-8-6-7-11(4)9-12/h10-12H,5-9H2,1-4H3,(H,18,19,20). The molecule has 1 fully saturated rings. The average molecular weight is 387 g/mol. The highest BCUT2D eigenvalue weighted by molar-refractivity contribution is 14.1. The predicted octanol–water partition coefficient (Wildman–Crippen LogP) is 4.93. The molecule has 0 amide bonds. The molecule has 112 valence electrons. The van der Waals surface area contributed by atoms with Gasteiger partial charge < -0.3 is 5.32 Å². The number of anilines is 1. The zero-order valence-corrected chi connectivity index (χ0v) is 15.2. The van der Waals surface area contributed by atoms with Gasteiger partial charge in [-0.15, -0.1) is 0 Å². The maximum absolute atomic E-state index is 4.91. The second-order valence-electron chi connectivity index (χ2n) is 6.28. The molecule has 20 heavy (non-hydrogen) atoms. The maximum Gasteiger partial charge on any atom is 0.143 e. The van der Waals surface area contributed by atoms with Crippen molar-refractivity contribution < 1.29 is 0 Å². The molecule has 1 aliphatic rings. The Labute approximate surface area is 136 Å². The van der Waals surface area contributed by atoms with Crippen molar-refractivity contribution in [2.24, 2.45) is 5.92 Å². The monoisotopic (exact) mass is 387 g/mol. The van der Waals surface area contributed by atoms with E-state index in [0.29, 0.717) is 11.8 Å². The number of aromatic nitrogens is 2. The summed E-state index contributed by atoms with van der Waals surface area (Å²) in [6, 6.07) is 0. The lowest BCUT2D eigenvalue weighted by Gasteiger charge is -2.26. The van der Waals surface area contributed by atoms with Crippen molar-refractivity contribution in [1.82, 2.24) is 9.97 Å². The van der Waals surface area contributed by atoms with E-state index in [4.69, 9.17) is 9.97 Å². The first-order valence-electron chi connectivity index (χ1n) is 7.84. The Balaban J connectivity index is 2.36. The molecule has 4 heteroatoms. The first kappa shape index (κ1) is 16.0. The third-order valence-corrected chi connectivity index (χ3v) is 5.15. The first-order chi connectivity index (χ1) is 9.52. The minimum atomic E-state index is 0.446. The largest absolute Gasteiger partial charge is 0.369 e. The molecule has 3 nitrogen and oxygen atoms in total. The summed E-state index contributed by atoms with van der Waals surface area (Å²) in [7, 11) is 0. The summed E-state index contributed by atoms with van der Waals surface area (Å²) >= 11 is 2.38. The lowest BCUT2D eigenvalue weighted by Crippen LogP contribution is -2.17. The number of hydrogen-bond donors (Lipinski definition) is 1. The molecule has 1 aliphatic carbocycles. The molecule has 1 saturated carbocycles. The van der Waals surface area contributed by atoms with Crippen LogP contribution in [0.1, 0.15) is 76.7 Å². The summed E-state index contributed by atoms with van der Waals surface area (Å²) in [6.45, 7) is 9.81. The Morgan fingerprint density at radius 1 is 1.30 bits per heavy atom. The SMILES string of the molecule is CCNc1nc(C2CCCC(C)C2)nc(C(C)C)c1I. The van der Waals surface area contributed by atoms with Gasteiger partial charge in [0.15, 0.2) is 0 Å². The van der Waals surface area contributed by atoms with Crippen LogP contribution >= 0.6 is 22.6 Å². The molecule has 1 aromatic heterocycles. The quantitative estimate of drug-likeness (QED) is 0.745. The average Bonchev–Trinajstić information content (AvgIpc) is 2.41. The summed E-state index contributed by atoms with van der Waals surface area (Å²) < 4.78 is 1.19. The Morgan fingerprint density at radius 3 is 2.65 bits per heavy atom. The van der Waals surface area contributed by atoms with Gasteiger partial charge in [-0.25, -0.2) is 9.97 Å². The Bertz CT molecular complexity index is 459. The fraction of sp³-hybridized carbons (Fsp3) is 0.750. The molecule has 0 radical (unpaired) electrons. The van der Waals surface area contributed by atoms with Gasteiger partial charge in [0.1, 0.15) is 11.6 Å². The molecule has 2 rings (SSSR count). The van der Waals surface area contributed by atoms with E-state index in [0.717, 1.165) is 24.1 Å². The lowest BCUT2D eigenvalue weighted by atomic mass is 9.82. The molecule has 2 unspecified atom stereocenters.